The highest BCUT2D eigenvalue weighted by Crippen LogP contribution is 2.43. The van der Waals surface area contributed by atoms with Gasteiger partial charge in [0.15, 0.2) is 0 Å². The van der Waals surface area contributed by atoms with Crippen molar-refractivity contribution in [1.29, 1.82) is 0 Å². The van der Waals surface area contributed by atoms with Crippen LogP contribution in [0.15, 0.2) is 18.2 Å². The van der Waals surface area contributed by atoms with Crippen LogP contribution in [0.3, 0.4) is 0 Å². The van der Waals surface area contributed by atoms with E-state index in [0.717, 1.165) is 12.8 Å². The van der Waals surface area contributed by atoms with Crippen LogP contribution in [0.5, 0.6) is 0 Å². The van der Waals surface area contributed by atoms with Crippen LogP contribution in [-0.2, 0) is 0 Å². The van der Waals surface area contributed by atoms with Crippen molar-refractivity contribution in [2.75, 3.05) is 0 Å². The van der Waals surface area contributed by atoms with Gasteiger partial charge in [-0.1, -0.05) is 22.9 Å². The summed E-state index contributed by atoms with van der Waals surface area (Å²) in [5.74, 6) is -0.127. The minimum absolute atomic E-state index is 0.144. The van der Waals surface area contributed by atoms with Crippen molar-refractivity contribution in [2.45, 2.75) is 30.5 Å². The fraction of sp³-hybridized carbons (Fsp3) is 0.500. The van der Waals surface area contributed by atoms with E-state index in [0.29, 0.717) is 16.3 Å². The summed E-state index contributed by atoms with van der Waals surface area (Å²) < 4.78 is 26.6. The van der Waals surface area contributed by atoms with Gasteiger partial charge < -0.3 is 0 Å². The van der Waals surface area contributed by atoms with Gasteiger partial charge in [-0.15, -0.1) is 0 Å². The topological polar surface area (TPSA) is 0 Å². The Morgan fingerprint density at radius 3 is 2.60 bits per heavy atom. The Balaban J connectivity index is 2.33. The lowest BCUT2D eigenvalue weighted by molar-refractivity contribution is 0.501. The molecule has 1 aliphatic rings. The largest absolute Gasteiger partial charge is 0.207 e. The minimum Gasteiger partial charge on any atom is -0.207 e. The van der Waals surface area contributed by atoms with E-state index in [4.69, 9.17) is 0 Å². The summed E-state index contributed by atoms with van der Waals surface area (Å²) in [6.45, 7) is 2.08. The van der Waals surface area contributed by atoms with E-state index in [9.17, 15) is 8.78 Å². The summed E-state index contributed by atoms with van der Waals surface area (Å²) in [6, 6.07) is 3.73. The van der Waals surface area contributed by atoms with Crippen molar-refractivity contribution in [2.24, 2.45) is 5.92 Å². The Kier molecular flexibility index (Phi) is 3.10. The molecule has 3 atom stereocenters. The van der Waals surface area contributed by atoms with Crippen LogP contribution in [0.1, 0.15) is 31.2 Å². The molecule has 0 nitrogen and oxygen atoms in total. The highest BCUT2D eigenvalue weighted by Gasteiger charge is 2.33. The smallest absolute Gasteiger partial charge is 0.126 e. The van der Waals surface area contributed by atoms with Gasteiger partial charge in [-0.3, -0.25) is 0 Å². The first-order chi connectivity index (χ1) is 7.09. The zero-order valence-electron chi connectivity index (χ0n) is 8.51. The number of hydrogen-bond acceptors (Lipinski definition) is 0. The maximum atomic E-state index is 13.5. The second-order valence-corrected chi connectivity index (χ2v) is 5.40. The molecule has 0 aliphatic heterocycles. The molecule has 15 heavy (non-hydrogen) atoms. The van der Waals surface area contributed by atoms with E-state index >= 15 is 0 Å². The van der Waals surface area contributed by atoms with Crippen molar-refractivity contribution in [3.8, 4) is 0 Å². The zero-order valence-corrected chi connectivity index (χ0v) is 10.1. The van der Waals surface area contributed by atoms with Gasteiger partial charge in [-0.05, 0) is 48.4 Å². The Morgan fingerprint density at radius 2 is 2.00 bits per heavy atom. The van der Waals surface area contributed by atoms with Gasteiger partial charge in [0.25, 0.3) is 0 Å². The van der Waals surface area contributed by atoms with Crippen LogP contribution in [0.2, 0.25) is 0 Å². The number of hydrogen-bond donors (Lipinski definition) is 0. The third kappa shape index (κ3) is 2.07. The molecular formula is C12H13BrF2. The van der Waals surface area contributed by atoms with Gasteiger partial charge in [0.2, 0.25) is 0 Å². The van der Waals surface area contributed by atoms with Crippen molar-refractivity contribution in [1.82, 2.24) is 0 Å². The molecule has 0 aromatic heterocycles. The van der Waals surface area contributed by atoms with E-state index < -0.39 is 0 Å². The molecule has 82 valence electrons. The molecule has 0 bridgehead atoms. The van der Waals surface area contributed by atoms with Gasteiger partial charge in [0.05, 0.1) is 0 Å². The fourth-order valence-corrected chi connectivity index (χ4v) is 2.99. The van der Waals surface area contributed by atoms with Crippen LogP contribution < -0.4 is 0 Å². The minimum atomic E-state index is -0.350. The number of benzene rings is 1. The first-order valence-corrected chi connectivity index (χ1v) is 6.10. The molecule has 3 unspecified atom stereocenters. The highest BCUT2D eigenvalue weighted by atomic mass is 79.9. The van der Waals surface area contributed by atoms with Gasteiger partial charge in [-0.2, -0.15) is 0 Å². The molecule has 0 saturated heterocycles. The SMILES string of the molecule is CC1C(Br)CCC1c1cc(F)ccc1F. The molecule has 0 spiro atoms. The molecular weight excluding hydrogens is 262 g/mol. The second kappa shape index (κ2) is 4.20. The standard InChI is InChI=1S/C12H13BrF2/c1-7-9(3-4-11(7)13)10-6-8(14)2-5-12(10)15/h2,5-7,9,11H,3-4H2,1H3. The average molecular weight is 275 g/mol. The van der Waals surface area contributed by atoms with Crippen molar-refractivity contribution in [3.05, 3.63) is 35.4 Å². The molecule has 1 aromatic rings. The first kappa shape index (κ1) is 11.1. The molecule has 1 aromatic carbocycles. The van der Waals surface area contributed by atoms with Crippen LogP contribution in [0.4, 0.5) is 8.78 Å². The zero-order chi connectivity index (χ0) is 11.0. The Morgan fingerprint density at radius 1 is 1.27 bits per heavy atom. The molecule has 0 radical (unpaired) electrons. The fourth-order valence-electron chi connectivity index (χ4n) is 2.35. The summed E-state index contributed by atoms with van der Waals surface area (Å²) in [5.41, 5.74) is 0.532. The maximum Gasteiger partial charge on any atom is 0.126 e. The van der Waals surface area contributed by atoms with E-state index in [1.807, 2.05) is 0 Å². The third-order valence-corrected chi connectivity index (χ3v) is 4.61. The predicted molar refractivity (Wildman–Crippen MR) is 60.2 cm³/mol. The molecule has 3 heteroatoms. The van der Waals surface area contributed by atoms with Gasteiger partial charge >= 0.3 is 0 Å². The Labute approximate surface area is 96.8 Å². The van der Waals surface area contributed by atoms with Crippen molar-refractivity contribution >= 4 is 15.9 Å². The predicted octanol–water partition coefficient (Wildman–Crippen LogP) is 4.24. The molecule has 1 fully saturated rings. The molecule has 0 amide bonds. The summed E-state index contributed by atoms with van der Waals surface area (Å²) in [5, 5.41) is 0. The number of alkyl halides is 1. The third-order valence-electron chi connectivity index (χ3n) is 3.32. The molecule has 1 saturated carbocycles. The summed E-state index contributed by atoms with van der Waals surface area (Å²) in [7, 11) is 0. The van der Waals surface area contributed by atoms with Crippen molar-refractivity contribution < 1.29 is 8.78 Å². The van der Waals surface area contributed by atoms with Crippen LogP contribution in [0.25, 0.3) is 0 Å². The summed E-state index contributed by atoms with van der Waals surface area (Å²) in [6.07, 6.45) is 1.96. The molecule has 0 heterocycles. The van der Waals surface area contributed by atoms with E-state index in [1.165, 1.54) is 18.2 Å². The maximum absolute atomic E-state index is 13.5. The highest BCUT2D eigenvalue weighted by molar-refractivity contribution is 9.09. The second-order valence-electron chi connectivity index (χ2n) is 4.22. The Hall–Kier alpha value is -0.440. The van der Waals surface area contributed by atoms with Gasteiger partial charge in [-0.25, -0.2) is 8.78 Å². The monoisotopic (exact) mass is 274 g/mol. The Bertz CT molecular complexity index is 365. The average Bonchev–Trinajstić information content (AvgIpc) is 2.52. The number of rotatable bonds is 1. The molecule has 0 N–H and O–H groups in total. The van der Waals surface area contributed by atoms with E-state index in [-0.39, 0.29) is 17.6 Å². The van der Waals surface area contributed by atoms with Gasteiger partial charge in [0.1, 0.15) is 11.6 Å². The van der Waals surface area contributed by atoms with Crippen LogP contribution in [-0.4, -0.2) is 4.83 Å². The summed E-state index contributed by atoms with van der Waals surface area (Å²) >= 11 is 3.57. The van der Waals surface area contributed by atoms with Crippen molar-refractivity contribution in [3.63, 3.8) is 0 Å². The molecule has 1 aliphatic carbocycles. The lowest BCUT2D eigenvalue weighted by atomic mass is 9.90. The first-order valence-electron chi connectivity index (χ1n) is 5.18. The lowest BCUT2D eigenvalue weighted by Crippen LogP contribution is -2.10. The van der Waals surface area contributed by atoms with E-state index in [2.05, 4.69) is 22.9 Å². The van der Waals surface area contributed by atoms with Crippen LogP contribution >= 0.6 is 15.9 Å². The molecule has 2 rings (SSSR count). The quantitative estimate of drug-likeness (QED) is 0.672. The number of halogens is 3. The van der Waals surface area contributed by atoms with E-state index in [1.54, 1.807) is 0 Å². The summed E-state index contributed by atoms with van der Waals surface area (Å²) in [4.78, 5) is 0.421. The van der Waals surface area contributed by atoms with Crippen LogP contribution in [0, 0.1) is 17.6 Å². The normalized spacial score (nSPS) is 30.8. The van der Waals surface area contributed by atoms with Gasteiger partial charge in [0, 0.05) is 4.83 Å². The lowest BCUT2D eigenvalue weighted by Gasteiger charge is -2.18.